The summed E-state index contributed by atoms with van der Waals surface area (Å²) in [6.45, 7) is 4.75. The number of nitrogens with zero attached hydrogens (tertiary/aromatic N) is 1. The van der Waals surface area contributed by atoms with Crippen LogP contribution < -0.4 is 4.90 Å². The normalized spacial score (nSPS) is 13.6. The molecule has 0 unspecified atom stereocenters. The Bertz CT molecular complexity index is 2670. The van der Waals surface area contributed by atoms with Gasteiger partial charge in [-0.1, -0.05) is 111 Å². The van der Waals surface area contributed by atoms with Crippen LogP contribution in [0.2, 0.25) is 0 Å². The lowest BCUT2D eigenvalue weighted by molar-refractivity contribution is 0.658. The van der Waals surface area contributed by atoms with Crippen molar-refractivity contribution in [1.29, 1.82) is 0 Å². The summed E-state index contributed by atoms with van der Waals surface area (Å²) in [7, 11) is 0. The molecule has 0 amide bonds. The van der Waals surface area contributed by atoms with Gasteiger partial charge in [-0.15, -0.1) is 0 Å². The maximum Gasteiger partial charge on any atom is 0.144 e. The van der Waals surface area contributed by atoms with E-state index in [1.807, 2.05) is 6.07 Å². The number of rotatable bonds is 3. The van der Waals surface area contributed by atoms with Gasteiger partial charge in [-0.05, 0) is 69.9 Å². The van der Waals surface area contributed by atoms with Crippen molar-refractivity contribution >= 4 is 71.7 Å². The summed E-state index contributed by atoms with van der Waals surface area (Å²) in [4.78, 5) is 2.43. The van der Waals surface area contributed by atoms with Gasteiger partial charge >= 0.3 is 0 Å². The predicted molar refractivity (Wildman–Crippen MR) is 191 cm³/mol. The molecule has 2 heterocycles. The zero-order valence-electron chi connectivity index (χ0n) is 25.5. The number of benzene rings is 7. The van der Waals surface area contributed by atoms with Crippen LogP contribution in [0.25, 0.3) is 65.8 Å². The summed E-state index contributed by atoms with van der Waals surface area (Å²) >= 11 is 0. The van der Waals surface area contributed by atoms with E-state index in [4.69, 9.17) is 8.83 Å². The van der Waals surface area contributed by atoms with Crippen molar-refractivity contribution in [1.82, 2.24) is 0 Å². The minimum atomic E-state index is -0.326. The van der Waals surface area contributed by atoms with Crippen molar-refractivity contribution in [2.75, 3.05) is 4.90 Å². The number of fused-ring (bicyclic) bond motifs is 13. The maximum atomic E-state index is 6.79. The third kappa shape index (κ3) is 3.27. The van der Waals surface area contributed by atoms with Crippen molar-refractivity contribution in [2.24, 2.45) is 0 Å². The number of hydrogen-bond donors (Lipinski definition) is 0. The average molecular weight is 592 g/mol. The summed E-state index contributed by atoms with van der Waals surface area (Å²) in [6, 6.07) is 49.5. The van der Waals surface area contributed by atoms with Gasteiger partial charge in [0.15, 0.2) is 0 Å². The molecule has 0 aliphatic heterocycles. The Morgan fingerprint density at radius 2 is 1.04 bits per heavy atom. The van der Waals surface area contributed by atoms with Gasteiger partial charge in [0.1, 0.15) is 22.3 Å². The van der Waals surface area contributed by atoms with Crippen molar-refractivity contribution in [2.45, 2.75) is 19.3 Å². The van der Waals surface area contributed by atoms with Crippen LogP contribution in [0.5, 0.6) is 0 Å². The van der Waals surface area contributed by atoms with Gasteiger partial charge in [-0.25, -0.2) is 0 Å². The number of furan rings is 2. The summed E-state index contributed by atoms with van der Waals surface area (Å²) < 4.78 is 13.2. The Morgan fingerprint density at radius 1 is 0.457 bits per heavy atom. The zero-order valence-corrected chi connectivity index (χ0v) is 25.5. The van der Waals surface area contributed by atoms with Gasteiger partial charge in [0.05, 0.1) is 16.8 Å². The molecule has 2 aromatic heterocycles. The van der Waals surface area contributed by atoms with Crippen LogP contribution in [0, 0.1) is 0 Å². The van der Waals surface area contributed by atoms with E-state index in [9.17, 15) is 0 Å². The second kappa shape index (κ2) is 9.12. The van der Waals surface area contributed by atoms with Gasteiger partial charge in [0.2, 0.25) is 0 Å². The van der Waals surface area contributed by atoms with Crippen LogP contribution in [0.4, 0.5) is 17.1 Å². The SMILES string of the molecule is CC1(C)c2c(cccc2N(c2ccccc2)c2cccc3oc4ccccc4c23)-c2c1c1ccccc1c1c2oc2ccccc21. The molecule has 3 heteroatoms. The first-order valence-electron chi connectivity index (χ1n) is 15.9. The molecule has 3 nitrogen and oxygen atoms in total. The lowest BCUT2D eigenvalue weighted by Gasteiger charge is -2.32. The van der Waals surface area contributed by atoms with Crippen LogP contribution >= 0.6 is 0 Å². The number of para-hydroxylation sites is 3. The fourth-order valence-electron chi connectivity index (χ4n) is 8.21. The molecule has 0 bridgehead atoms. The van der Waals surface area contributed by atoms with Crippen molar-refractivity contribution in [3.05, 3.63) is 151 Å². The second-order valence-electron chi connectivity index (χ2n) is 12.8. The van der Waals surface area contributed by atoms with Crippen LogP contribution in [0.15, 0.2) is 148 Å². The van der Waals surface area contributed by atoms with Crippen molar-refractivity contribution < 1.29 is 8.83 Å². The van der Waals surface area contributed by atoms with E-state index >= 15 is 0 Å². The molecule has 0 spiro atoms. The van der Waals surface area contributed by atoms with Crippen molar-refractivity contribution in [3.8, 4) is 11.1 Å². The third-order valence-corrected chi connectivity index (χ3v) is 9.98. The average Bonchev–Trinajstić information content (AvgIpc) is 3.74. The van der Waals surface area contributed by atoms with E-state index in [2.05, 4.69) is 152 Å². The lowest BCUT2D eigenvalue weighted by atomic mass is 9.78. The Hall–Kier alpha value is -5.80. The van der Waals surface area contributed by atoms with Crippen LogP contribution in [-0.2, 0) is 5.41 Å². The van der Waals surface area contributed by atoms with Gasteiger partial charge in [0, 0.05) is 32.8 Å². The molecule has 10 rings (SSSR count). The van der Waals surface area contributed by atoms with E-state index in [1.54, 1.807) is 0 Å². The molecule has 0 N–H and O–H groups in total. The first kappa shape index (κ1) is 25.5. The minimum Gasteiger partial charge on any atom is -0.456 e. The fourth-order valence-corrected chi connectivity index (χ4v) is 8.21. The summed E-state index contributed by atoms with van der Waals surface area (Å²) in [6.07, 6.45) is 0. The Morgan fingerprint density at radius 3 is 1.83 bits per heavy atom. The highest BCUT2D eigenvalue weighted by Crippen LogP contribution is 2.59. The molecule has 0 saturated carbocycles. The quantitative estimate of drug-likeness (QED) is 0.205. The molecule has 1 aliphatic rings. The molecule has 7 aromatic carbocycles. The zero-order chi connectivity index (χ0) is 30.6. The van der Waals surface area contributed by atoms with Crippen LogP contribution in [0.3, 0.4) is 0 Å². The third-order valence-electron chi connectivity index (χ3n) is 9.98. The molecule has 1 aliphatic carbocycles. The summed E-state index contributed by atoms with van der Waals surface area (Å²) in [5, 5.41) is 7.07. The maximum absolute atomic E-state index is 6.79. The molecular formula is C43H29NO2. The van der Waals surface area contributed by atoms with E-state index in [-0.39, 0.29) is 5.41 Å². The van der Waals surface area contributed by atoms with Gasteiger partial charge < -0.3 is 13.7 Å². The lowest BCUT2D eigenvalue weighted by Crippen LogP contribution is -2.21. The van der Waals surface area contributed by atoms with Crippen LogP contribution in [0.1, 0.15) is 25.0 Å². The van der Waals surface area contributed by atoms with Gasteiger partial charge in [-0.3, -0.25) is 0 Å². The molecular weight excluding hydrogens is 562 g/mol. The smallest absolute Gasteiger partial charge is 0.144 e. The molecule has 9 aromatic rings. The molecule has 0 atom stereocenters. The number of hydrogen-bond acceptors (Lipinski definition) is 3. The largest absolute Gasteiger partial charge is 0.456 e. The second-order valence-corrected chi connectivity index (χ2v) is 12.8. The standard InChI is InChI=1S/C43H29NO2/c1-43(2)40-31(39-41(43)28-17-7-6-16-27(28)37-29-18-8-11-24-35(29)46-42(37)39)20-12-22-33(40)44(26-14-4-3-5-15-26)32-21-13-25-36-38(32)30-19-9-10-23-34(30)45-36/h3-25H,1-2H3. The monoisotopic (exact) mass is 591 g/mol. The van der Waals surface area contributed by atoms with E-state index in [0.717, 1.165) is 55.6 Å². The van der Waals surface area contributed by atoms with Crippen molar-refractivity contribution in [3.63, 3.8) is 0 Å². The van der Waals surface area contributed by atoms with E-state index in [1.165, 1.54) is 38.4 Å². The van der Waals surface area contributed by atoms with Gasteiger partial charge in [0.25, 0.3) is 0 Å². The Kier molecular flexibility index (Phi) is 5.06. The first-order valence-corrected chi connectivity index (χ1v) is 15.9. The minimum absolute atomic E-state index is 0.326. The van der Waals surface area contributed by atoms with Crippen LogP contribution in [-0.4, -0.2) is 0 Å². The highest BCUT2D eigenvalue weighted by molar-refractivity contribution is 6.25. The van der Waals surface area contributed by atoms with E-state index in [0.29, 0.717) is 0 Å². The van der Waals surface area contributed by atoms with E-state index < -0.39 is 0 Å². The first-order chi connectivity index (χ1) is 22.6. The topological polar surface area (TPSA) is 29.5 Å². The highest BCUT2D eigenvalue weighted by atomic mass is 16.3. The number of anilines is 3. The fraction of sp³-hybridized carbons (Fsp3) is 0.0698. The van der Waals surface area contributed by atoms with Gasteiger partial charge in [-0.2, -0.15) is 0 Å². The highest BCUT2D eigenvalue weighted by Gasteiger charge is 2.42. The Balaban J connectivity index is 1.34. The molecule has 0 saturated heterocycles. The summed E-state index contributed by atoms with van der Waals surface area (Å²) in [5.74, 6) is 0. The molecule has 46 heavy (non-hydrogen) atoms. The predicted octanol–water partition coefficient (Wildman–Crippen LogP) is 12.4. The Labute approximate surface area is 265 Å². The molecule has 0 radical (unpaired) electrons. The molecule has 0 fully saturated rings. The summed E-state index contributed by atoms with van der Waals surface area (Å²) in [5.41, 5.74) is 11.7. The molecule has 218 valence electrons.